The molecule has 1 unspecified atom stereocenters. The number of hydrogen-bond acceptors (Lipinski definition) is 6. The van der Waals surface area contributed by atoms with Crippen molar-refractivity contribution in [3.05, 3.63) is 29.8 Å². The first-order valence-electron chi connectivity index (χ1n) is 6.72. The van der Waals surface area contributed by atoms with Crippen molar-refractivity contribution in [2.24, 2.45) is 0 Å². The number of ether oxygens (including phenoxy) is 2. The molecule has 1 atom stereocenters. The van der Waals surface area contributed by atoms with E-state index in [1.54, 1.807) is 13.8 Å². The molecule has 0 heterocycles. The minimum Gasteiger partial charge on any atom is -0.465 e. The van der Waals surface area contributed by atoms with Crippen LogP contribution in [0.3, 0.4) is 0 Å². The van der Waals surface area contributed by atoms with E-state index in [-0.39, 0.29) is 10.5 Å². The van der Waals surface area contributed by atoms with E-state index in [2.05, 4.69) is 4.74 Å². The normalized spacial score (nSPS) is 12.5. The van der Waals surface area contributed by atoms with Crippen LogP contribution in [0.2, 0.25) is 0 Å². The summed E-state index contributed by atoms with van der Waals surface area (Å²) in [7, 11) is -2.89. The maximum Gasteiger partial charge on any atom is 0.337 e. The lowest BCUT2D eigenvalue weighted by Gasteiger charge is -2.15. The fourth-order valence-corrected chi connectivity index (χ4v) is 2.80. The molecule has 1 aromatic rings. The van der Waals surface area contributed by atoms with Gasteiger partial charge >= 0.3 is 5.97 Å². The van der Waals surface area contributed by atoms with Gasteiger partial charge in [-0.15, -0.1) is 0 Å². The Hall–Kier alpha value is -1.93. The predicted octanol–water partition coefficient (Wildman–Crippen LogP) is 1.09. The first-order chi connectivity index (χ1) is 10.4. The zero-order valence-corrected chi connectivity index (χ0v) is 13.5. The Morgan fingerprint density at radius 3 is 2.50 bits per heavy atom. The second kappa shape index (κ2) is 7.90. The van der Waals surface area contributed by atoms with Gasteiger partial charge in [-0.2, -0.15) is 0 Å². The van der Waals surface area contributed by atoms with Crippen LogP contribution in [0, 0.1) is 0 Å². The van der Waals surface area contributed by atoms with E-state index in [9.17, 15) is 18.0 Å². The molecule has 0 radical (unpaired) electrons. The average Bonchev–Trinajstić information content (AvgIpc) is 2.51. The van der Waals surface area contributed by atoms with Crippen molar-refractivity contribution in [3.63, 3.8) is 0 Å². The van der Waals surface area contributed by atoms with Crippen LogP contribution in [0.15, 0.2) is 29.2 Å². The number of rotatable bonds is 7. The molecule has 122 valence electrons. The molecule has 1 rings (SSSR count). The maximum absolute atomic E-state index is 12.2. The lowest BCUT2D eigenvalue weighted by molar-refractivity contribution is -0.130. The Balaban J connectivity index is 3.00. The van der Waals surface area contributed by atoms with Gasteiger partial charge in [0.15, 0.2) is 0 Å². The Kier molecular flexibility index (Phi) is 6.51. The van der Waals surface area contributed by atoms with Crippen molar-refractivity contribution in [2.45, 2.75) is 31.3 Å². The highest BCUT2D eigenvalue weighted by molar-refractivity contribution is 7.90. The number of nitrogens with one attached hydrogen (secondary N) is 1. The first kappa shape index (κ1) is 18.1. The zero-order chi connectivity index (χ0) is 16.8. The summed E-state index contributed by atoms with van der Waals surface area (Å²) < 4.78 is 36.0. The summed E-state index contributed by atoms with van der Waals surface area (Å²) in [5.74, 6) is -1.41. The molecule has 0 aliphatic heterocycles. The molecular formula is C14H19NO6S. The molecule has 8 heteroatoms. The molecule has 7 nitrogen and oxygen atoms in total. The molecule has 1 amide bonds. The number of methoxy groups -OCH3 is 1. The molecule has 0 spiro atoms. The smallest absolute Gasteiger partial charge is 0.337 e. The fraction of sp³-hybridized carbons (Fsp3) is 0.429. The standard InChI is InChI=1S/C14H19NO6S/c1-4-12(21-5-2)13(16)15-22(18,19)11-8-6-7-10(9-11)14(17)20-3/h6-9,12H,4-5H2,1-3H3,(H,15,16). The summed E-state index contributed by atoms with van der Waals surface area (Å²) in [6, 6.07) is 5.24. The van der Waals surface area contributed by atoms with Gasteiger partial charge in [-0.1, -0.05) is 13.0 Å². The van der Waals surface area contributed by atoms with Crippen molar-refractivity contribution < 1.29 is 27.5 Å². The summed E-state index contributed by atoms with van der Waals surface area (Å²) in [5, 5.41) is 0. The molecule has 1 aromatic carbocycles. The Morgan fingerprint density at radius 1 is 1.27 bits per heavy atom. The average molecular weight is 329 g/mol. The largest absolute Gasteiger partial charge is 0.465 e. The summed E-state index contributed by atoms with van der Waals surface area (Å²) in [6.45, 7) is 3.72. The van der Waals surface area contributed by atoms with Crippen LogP contribution in [0.1, 0.15) is 30.6 Å². The summed E-state index contributed by atoms with van der Waals surface area (Å²) in [5.41, 5.74) is 0.0784. The Morgan fingerprint density at radius 2 is 1.95 bits per heavy atom. The summed E-state index contributed by atoms with van der Waals surface area (Å²) >= 11 is 0. The molecule has 1 N–H and O–H groups in total. The van der Waals surface area contributed by atoms with Crippen LogP contribution in [0.4, 0.5) is 0 Å². The third-order valence-corrected chi connectivity index (χ3v) is 4.18. The van der Waals surface area contributed by atoms with Crippen molar-refractivity contribution in [2.75, 3.05) is 13.7 Å². The highest BCUT2D eigenvalue weighted by Gasteiger charge is 2.24. The van der Waals surface area contributed by atoms with Gasteiger partial charge in [0.2, 0.25) is 0 Å². The van der Waals surface area contributed by atoms with E-state index >= 15 is 0 Å². The van der Waals surface area contributed by atoms with E-state index in [1.165, 1.54) is 25.3 Å². The third-order valence-electron chi connectivity index (χ3n) is 2.83. The molecule has 0 aromatic heterocycles. The number of carbonyl (C=O) groups excluding carboxylic acids is 2. The second-order valence-corrected chi connectivity index (χ2v) is 6.02. The molecule has 0 bridgehead atoms. The van der Waals surface area contributed by atoms with Crippen LogP contribution in [-0.2, 0) is 24.3 Å². The number of benzene rings is 1. The monoisotopic (exact) mass is 329 g/mol. The summed E-state index contributed by atoms with van der Waals surface area (Å²) in [6.07, 6.45) is -0.499. The molecule has 22 heavy (non-hydrogen) atoms. The van der Waals surface area contributed by atoms with Crippen molar-refractivity contribution >= 4 is 21.9 Å². The van der Waals surface area contributed by atoms with Gasteiger partial charge in [0.25, 0.3) is 15.9 Å². The van der Waals surface area contributed by atoms with E-state index < -0.39 is 28.0 Å². The van der Waals surface area contributed by atoms with Crippen LogP contribution < -0.4 is 4.72 Å². The van der Waals surface area contributed by atoms with Gasteiger partial charge in [-0.3, -0.25) is 4.79 Å². The zero-order valence-electron chi connectivity index (χ0n) is 12.7. The lowest BCUT2D eigenvalue weighted by atomic mass is 10.2. The third kappa shape index (κ3) is 4.54. The summed E-state index contributed by atoms with van der Waals surface area (Å²) in [4.78, 5) is 23.2. The Bertz CT molecular complexity index is 640. The van der Waals surface area contributed by atoms with Gasteiger partial charge < -0.3 is 9.47 Å². The van der Waals surface area contributed by atoms with Crippen molar-refractivity contribution in [1.82, 2.24) is 4.72 Å². The molecule has 0 saturated carbocycles. The maximum atomic E-state index is 12.2. The number of hydrogen-bond donors (Lipinski definition) is 1. The molecule has 0 saturated heterocycles. The fourth-order valence-electron chi connectivity index (χ4n) is 1.75. The van der Waals surface area contributed by atoms with Crippen molar-refractivity contribution in [1.29, 1.82) is 0 Å². The number of esters is 1. The number of sulfonamides is 1. The Labute approximate surface area is 129 Å². The highest BCUT2D eigenvalue weighted by atomic mass is 32.2. The van der Waals surface area contributed by atoms with Gasteiger partial charge in [0.05, 0.1) is 17.6 Å². The van der Waals surface area contributed by atoms with Crippen LogP contribution >= 0.6 is 0 Å². The predicted molar refractivity (Wildman–Crippen MR) is 78.8 cm³/mol. The minimum atomic E-state index is -4.08. The van der Waals surface area contributed by atoms with Gasteiger partial charge in [-0.25, -0.2) is 17.9 Å². The molecule has 0 fully saturated rings. The topological polar surface area (TPSA) is 98.8 Å². The lowest BCUT2D eigenvalue weighted by Crippen LogP contribution is -2.39. The second-order valence-electron chi connectivity index (χ2n) is 4.34. The van der Waals surface area contributed by atoms with E-state index in [0.29, 0.717) is 13.0 Å². The van der Waals surface area contributed by atoms with E-state index in [1.807, 2.05) is 4.72 Å². The van der Waals surface area contributed by atoms with Crippen molar-refractivity contribution in [3.8, 4) is 0 Å². The van der Waals surface area contributed by atoms with Crippen LogP contribution in [0.5, 0.6) is 0 Å². The number of amides is 1. The quantitative estimate of drug-likeness (QED) is 0.752. The molecule has 0 aliphatic rings. The highest BCUT2D eigenvalue weighted by Crippen LogP contribution is 2.13. The molecule has 0 aliphatic carbocycles. The first-order valence-corrected chi connectivity index (χ1v) is 8.20. The van der Waals surface area contributed by atoms with Crippen LogP contribution in [0.25, 0.3) is 0 Å². The number of carbonyl (C=O) groups is 2. The van der Waals surface area contributed by atoms with Gasteiger partial charge in [0, 0.05) is 6.61 Å². The molecular weight excluding hydrogens is 310 g/mol. The SMILES string of the molecule is CCOC(CC)C(=O)NS(=O)(=O)c1cccc(C(=O)OC)c1. The van der Waals surface area contributed by atoms with Gasteiger partial charge in [-0.05, 0) is 31.5 Å². The minimum absolute atomic E-state index is 0.0784. The van der Waals surface area contributed by atoms with E-state index in [4.69, 9.17) is 4.74 Å². The van der Waals surface area contributed by atoms with E-state index in [0.717, 1.165) is 6.07 Å². The van der Waals surface area contributed by atoms with Crippen LogP contribution in [-0.4, -0.2) is 40.1 Å². The van der Waals surface area contributed by atoms with Gasteiger partial charge in [0.1, 0.15) is 6.10 Å².